The van der Waals surface area contributed by atoms with Gasteiger partial charge in [-0.05, 0) is 103 Å². The van der Waals surface area contributed by atoms with E-state index in [-0.39, 0.29) is 63.8 Å². The number of fused-ring (bicyclic) bond motifs is 7. The molecule has 12 heteroatoms. The van der Waals surface area contributed by atoms with Gasteiger partial charge >= 0.3 is 10.4 Å². The lowest BCUT2D eigenvalue weighted by Crippen LogP contribution is -2.72. The van der Waals surface area contributed by atoms with Crippen molar-refractivity contribution in [1.82, 2.24) is 0 Å². The second-order valence-corrected chi connectivity index (χ2v) is 19.3. The molecule has 0 aromatic rings. The van der Waals surface area contributed by atoms with Gasteiger partial charge in [-0.2, -0.15) is 8.42 Å². The van der Waals surface area contributed by atoms with Crippen molar-refractivity contribution in [2.75, 3.05) is 6.61 Å². The van der Waals surface area contributed by atoms with Crippen LogP contribution in [0.3, 0.4) is 0 Å². The Balaban J connectivity index is 1.27. The third-order valence-electron chi connectivity index (χ3n) is 15.9. The third kappa shape index (κ3) is 5.00. The molecule has 5 saturated carbocycles. The summed E-state index contributed by atoms with van der Waals surface area (Å²) in [5.41, 5.74) is -1.99. The van der Waals surface area contributed by atoms with Gasteiger partial charge in [0.25, 0.3) is 0 Å². The van der Waals surface area contributed by atoms with Crippen molar-refractivity contribution in [3.63, 3.8) is 0 Å². The fourth-order valence-electron chi connectivity index (χ4n) is 13.7. The van der Waals surface area contributed by atoms with E-state index in [1.165, 1.54) is 0 Å². The fourth-order valence-corrected chi connectivity index (χ4v) is 14.2. The van der Waals surface area contributed by atoms with Crippen LogP contribution in [0.4, 0.5) is 0 Å². The van der Waals surface area contributed by atoms with Crippen molar-refractivity contribution in [2.24, 2.45) is 56.2 Å². The first-order valence-electron chi connectivity index (χ1n) is 17.6. The van der Waals surface area contributed by atoms with Gasteiger partial charge in [0, 0.05) is 11.3 Å². The van der Waals surface area contributed by atoms with Gasteiger partial charge in [0.1, 0.15) is 24.1 Å². The van der Waals surface area contributed by atoms with E-state index in [2.05, 4.69) is 45.7 Å². The minimum absolute atomic E-state index is 0.0307. The minimum atomic E-state index is -4.93. The van der Waals surface area contributed by atoms with Gasteiger partial charge in [0.05, 0.1) is 24.9 Å². The normalized spacial score (nSPS) is 55.7. The molecule has 11 nitrogen and oxygen atoms in total. The predicted molar refractivity (Wildman–Crippen MR) is 171 cm³/mol. The van der Waals surface area contributed by atoms with Crippen LogP contribution in [0.25, 0.3) is 0 Å². The van der Waals surface area contributed by atoms with E-state index in [1.54, 1.807) is 6.92 Å². The molecule has 0 amide bonds. The summed E-state index contributed by atoms with van der Waals surface area (Å²) in [4.78, 5) is 13.0. The largest absolute Gasteiger partial charge is 0.397 e. The number of aliphatic hydroxyl groups excluding tert-OH is 4. The molecule has 6 rings (SSSR count). The molecule has 5 aliphatic carbocycles. The SMILES string of the molecule is CC(=O)[C@]1(C)CC[C@@]2(C)[C@H]1[C@@H](O)C[C@]1(C)[C@@H]2[C@H](O)C[C@@H]2[C@@]3(C)CC[C@H](O[C@@H]4OC[C@@H](O)[C@H](OS(=O)(=O)O)[C@H]4O)C(C)(C)[C@@H]3CC[C@]21C. The molecular weight excluding hydrogens is 628 g/mol. The Morgan fingerprint density at radius 3 is 2.06 bits per heavy atom. The van der Waals surface area contributed by atoms with Crippen molar-refractivity contribution >= 4 is 16.2 Å². The summed E-state index contributed by atoms with van der Waals surface area (Å²) >= 11 is 0. The second-order valence-electron chi connectivity index (χ2n) is 18.2. The van der Waals surface area contributed by atoms with Crippen molar-refractivity contribution in [2.45, 2.75) is 150 Å². The highest BCUT2D eigenvalue weighted by Gasteiger charge is 2.75. The van der Waals surface area contributed by atoms with Crippen molar-refractivity contribution in [3.05, 3.63) is 0 Å². The summed E-state index contributed by atoms with van der Waals surface area (Å²) in [5.74, 6) is 0.287. The lowest BCUT2D eigenvalue weighted by Gasteiger charge is -2.74. The number of hydrogen-bond donors (Lipinski definition) is 5. The Bertz CT molecular complexity index is 1370. The van der Waals surface area contributed by atoms with Gasteiger partial charge in [0.15, 0.2) is 6.29 Å². The van der Waals surface area contributed by atoms with Crippen LogP contribution in [-0.2, 0) is 28.9 Å². The van der Waals surface area contributed by atoms with E-state index < -0.39 is 58.0 Å². The molecule has 47 heavy (non-hydrogen) atoms. The number of rotatable bonds is 5. The third-order valence-corrected chi connectivity index (χ3v) is 16.4. The number of aliphatic hydroxyl groups is 4. The molecule has 0 radical (unpaired) electrons. The van der Waals surface area contributed by atoms with E-state index in [9.17, 15) is 38.2 Å². The van der Waals surface area contributed by atoms with E-state index in [0.717, 1.165) is 32.1 Å². The molecule has 1 heterocycles. The van der Waals surface area contributed by atoms with Gasteiger partial charge in [-0.25, -0.2) is 4.18 Å². The summed E-state index contributed by atoms with van der Waals surface area (Å²) < 4.78 is 48.6. The topological polar surface area (TPSA) is 180 Å². The van der Waals surface area contributed by atoms with E-state index >= 15 is 0 Å². The second kappa shape index (κ2) is 11.1. The van der Waals surface area contributed by atoms with Crippen LogP contribution in [0.1, 0.15) is 107 Å². The van der Waals surface area contributed by atoms with Crippen LogP contribution in [0, 0.1) is 56.2 Å². The van der Waals surface area contributed by atoms with Crippen LogP contribution in [0.15, 0.2) is 0 Å². The summed E-state index contributed by atoms with van der Waals surface area (Å²) in [6.07, 6.45) is -1.48. The molecule has 1 aliphatic heterocycles. The molecule has 0 aromatic heterocycles. The summed E-state index contributed by atoms with van der Waals surface area (Å²) in [6.45, 7) is 17.0. The lowest BCUT2D eigenvalue weighted by atomic mass is 9.31. The molecule has 6 aliphatic rings. The van der Waals surface area contributed by atoms with Crippen molar-refractivity contribution in [1.29, 1.82) is 0 Å². The summed E-state index contributed by atoms with van der Waals surface area (Å²) in [7, 11) is -4.93. The van der Waals surface area contributed by atoms with Gasteiger partial charge in [-0.15, -0.1) is 0 Å². The molecular formula is C35H58O11S. The molecule has 0 unspecified atom stereocenters. The van der Waals surface area contributed by atoms with Crippen LogP contribution < -0.4 is 0 Å². The Morgan fingerprint density at radius 1 is 0.787 bits per heavy atom. The first-order chi connectivity index (χ1) is 21.5. The zero-order valence-corrected chi connectivity index (χ0v) is 30.1. The Kier molecular flexibility index (Phi) is 8.56. The number of ketones is 1. The standard InChI is InChI=1S/C35H58O11S/c1-18(36)31(4)13-14-33(6)27(31)20(38)16-35(8)28(33)19(37)15-23-32(5)11-10-24(30(2,3)22(32)9-12-34(23,35)7)45-29-25(40)26(21(39)17-44-29)46-47(41,42)43/h19-29,37-40H,9-17H2,1-8H3,(H,41,42,43)/t19-,20+,21-,22+,23-,24+,25-,26+,27+,28-,29+,31+,32+,33+,34-,35-/m1/s1. The maximum Gasteiger partial charge on any atom is 0.397 e. The van der Waals surface area contributed by atoms with Crippen LogP contribution >= 0.6 is 0 Å². The van der Waals surface area contributed by atoms with Gasteiger partial charge in [-0.1, -0.05) is 48.5 Å². The molecule has 0 bridgehead atoms. The van der Waals surface area contributed by atoms with Gasteiger partial charge in [0.2, 0.25) is 0 Å². The maximum absolute atomic E-state index is 13.0. The Hall–Kier alpha value is -0.700. The van der Waals surface area contributed by atoms with Gasteiger partial charge in [-0.3, -0.25) is 9.35 Å². The lowest BCUT2D eigenvalue weighted by molar-refractivity contribution is -0.317. The highest BCUT2D eigenvalue weighted by Crippen LogP contribution is 2.78. The average Bonchev–Trinajstić information content (AvgIpc) is 3.22. The maximum atomic E-state index is 13.0. The molecule has 270 valence electrons. The smallest absolute Gasteiger partial charge is 0.393 e. The zero-order chi connectivity index (χ0) is 34.9. The molecule has 6 fully saturated rings. The predicted octanol–water partition coefficient (Wildman–Crippen LogP) is 3.66. The fraction of sp³-hybridized carbons (Fsp3) is 0.971. The van der Waals surface area contributed by atoms with E-state index in [1.807, 2.05) is 6.92 Å². The first-order valence-corrected chi connectivity index (χ1v) is 19.0. The summed E-state index contributed by atoms with van der Waals surface area (Å²) in [6, 6.07) is 0. The van der Waals surface area contributed by atoms with Crippen LogP contribution in [0.5, 0.6) is 0 Å². The van der Waals surface area contributed by atoms with Crippen LogP contribution in [0.2, 0.25) is 0 Å². The van der Waals surface area contributed by atoms with Gasteiger partial charge < -0.3 is 29.9 Å². The Morgan fingerprint density at radius 2 is 1.45 bits per heavy atom. The molecule has 1 saturated heterocycles. The number of hydrogen-bond acceptors (Lipinski definition) is 10. The highest BCUT2D eigenvalue weighted by molar-refractivity contribution is 7.80. The van der Waals surface area contributed by atoms with Crippen molar-refractivity contribution in [3.8, 4) is 0 Å². The van der Waals surface area contributed by atoms with Crippen molar-refractivity contribution < 1.29 is 51.8 Å². The monoisotopic (exact) mass is 686 g/mol. The number of ether oxygens (including phenoxy) is 2. The molecule has 16 atom stereocenters. The number of carbonyl (C=O) groups excluding carboxylic acids is 1. The number of carbonyl (C=O) groups is 1. The number of Topliss-reactive ketones (excluding diaryl/α,β-unsaturated/α-hetero) is 1. The van der Waals surface area contributed by atoms with E-state index in [4.69, 9.17) is 9.47 Å². The zero-order valence-electron chi connectivity index (χ0n) is 29.3. The average molecular weight is 687 g/mol. The minimum Gasteiger partial charge on any atom is -0.393 e. The molecule has 5 N–H and O–H groups in total. The van der Waals surface area contributed by atoms with Crippen LogP contribution in [-0.4, -0.2) is 88.7 Å². The highest BCUT2D eigenvalue weighted by atomic mass is 32.3. The summed E-state index contributed by atoms with van der Waals surface area (Å²) in [5, 5.41) is 45.3. The first kappa shape index (κ1) is 36.1. The Labute approximate surface area is 280 Å². The van der Waals surface area contributed by atoms with E-state index in [0.29, 0.717) is 19.3 Å². The molecule has 0 spiro atoms. The molecule has 0 aromatic carbocycles. The quantitative estimate of drug-likeness (QED) is 0.210.